The highest BCUT2D eigenvalue weighted by molar-refractivity contribution is 7.93. The maximum absolute atomic E-state index is 12.1. The van der Waals surface area contributed by atoms with Gasteiger partial charge in [-0.2, -0.15) is 0 Å². The average Bonchev–Trinajstić information content (AvgIpc) is 2.25. The van der Waals surface area contributed by atoms with Crippen LogP contribution in [0.5, 0.6) is 0 Å². The Morgan fingerprint density at radius 3 is 2.15 bits per heavy atom. The van der Waals surface area contributed by atoms with E-state index in [2.05, 4.69) is 4.74 Å². The van der Waals surface area contributed by atoms with Gasteiger partial charge in [-0.3, -0.25) is 9.59 Å². The van der Waals surface area contributed by atoms with E-state index in [-0.39, 0.29) is 6.42 Å². The lowest BCUT2D eigenvalue weighted by Crippen LogP contribution is -2.37. The molecule has 0 N–H and O–H groups in total. The summed E-state index contributed by atoms with van der Waals surface area (Å²) in [7, 11) is -2.80. The van der Waals surface area contributed by atoms with Crippen molar-refractivity contribution in [2.24, 2.45) is 0 Å². The molecular formula is C13H24O6S. The van der Waals surface area contributed by atoms with Crippen LogP contribution in [0, 0.1) is 0 Å². The predicted molar refractivity (Wildman–Crippen MR) is 75.0 cm³/mol. The van der Waals surface area contributed by atoms with Gasteiger partial charge < -0.3 is 9.47 Å². The molecule has 0 spiro atoms. The Morgan fingerprint density at radius 2 is 1.75 bits per heavy atom. The van der Waals surface area contributed by atoms with Crippen molar-refractivity contribution in [3.8, 4) is 0 Å². The van der Waals surface area contributed by atoms with Gasteiger partial charge >= 0.3 is 11.9 Å². The van der Waals surface area contributed by atoms with Crippen LogP contribution in [0.3, 0.4) is 0 Å². The Balaban J connectivity index is 4.95. The van der Waals surface area contributed by atoms with Crippen LogP contribution in [-0.4, -0.2) is 44.1 Å². The lowest BCUT2D eigenvalue weighted by Gasteiger charge is -2.20. The molecule has 0 saturated heterocycles. The van der Waals surface area contributed by atoms with Crippen molar-refractivity contribution in [3.63, 3.8) is 0 Å². The van der Waals surface area contributed by atoms with E-state index in [1.54, 1.807) is 20.8 Å². The van der Waals surface area contributed by atoms with Crippen molar-refractivity contribution < 1.29 is 27.5 Å². The average molecular weight is 308 g/mol. The molecule has 0 aliphatic carbocycles. The van der Waals surface area contributed by atoms with E-state index in [1.807, 2.05) is 6.92 Å². The van der Waals surface area contributed by atoms with E-state index >= 15 is 0 Å². The Hall–Kier alpha value is -1.11. The summed E-state index contributed by atoms with van der Waals surface area (Å²) < 4.78 is 33.7. The van der Waals surface area contributed by atoms with Crippen LogP contribution in [0.15, 0.2) is 0 Å². The smallest absolute Gasteiger partial charge is 0.324 e. The molecule has 7 heteroatoms. The monoisotopic (exact) mass is 308 g/mol. The molecule has 0 amide bonds. The Kier molecular flexibility index (Phi) is 7.19. The number of methoxy groups -OCH3 is 1. The van der Waals surface area contributed by atoms with Crippen molar-refractivity contribution in [2.45, 2.75) is 57.8 Å². The fourth-order valence-electron chi connectivity index (χ4n) is 1.60. The molecule has 0 saturated carbocycles. The summed E-state index contributed by atoms with van der Waals surface area (Å²) >= 11 is 0. The summed E-state index contributed by atoms with van der Waals surface area (Å²) in [5, 5.41) is -1.31. The summed E-state index contributed by atoms with van der Waals surface area (Å²) in [5.74, 6) is -2.50. The molecule has 0 heterocycles. The zero-order chi connectivity index (χ0) is 16.0. The summed E-state index contributed by atoms with van der Waals surface area (Å²) in [4.78, 5) is 23.2. The second kappa shape index (κ2) is 7.61. The van der Waals surface area contributed by atoms with Gasteiger partial charge in [0, 0.05) is 0 Å². The second-order valence-corrected chi connectivity index (χ2v) is 7.73. The minimum atomic E-state index is -3.93. The first-order chi connectivity index (χ1) is 9.03. The highest BCUT2D eigenvalue weighted by Crippen LogP contribution is 2.15. The fraction of sp³-hybridized carbons (Fsp3) is 0.846. The van der Waals surface area contributed by atoms with Crippen LogP contribution in [0.4, 0.5) is 0 Å². The van der Waals surface area contributed by atoms with Gasteiger partial charge in [-0.05, 0) is 27.2 Å². The first kappa shape index (κ1) is 18.9. The van der Waals surface area contributed by atoms with E-state index in [4.69, 9.17) is 4.74 Å². The van der Waals surface area contributed by atoms with Gasteiger partial charge in [-0.25, -0.2) is 8.42 Å². The fourth-order valence-corrected chi connectivity index (χ4v) is 3.10. The normalized spacial score (nSPS) is 13.7. The van der Waals surface area contributed by atoms with E-state index in [1.165, 1.54) is 0 Å². The van der Waals surface area contributed by atoms with Gasteiger partial charge in [-0.1, -0.05) is 19.8 Å². The minimum absolute atomic E-state index is 0.147. The van der Waals surface area contributed by atoms with Crippen LogP contribution in [0.25, 0.3) is 0 Å². The molecule has 20 heavy (non-hydrogen) atoms. The number of hydrogen-bond acceptors (Lipinski definition) is 6. The zero-order valence-electron chi connectivity index (χ0n) is 12.8. The number of unbranched alkanes of at least 4 members (excludes halogenated alkanes) is 1. The zero-order valence-corrected chi connectivity index (χ0v) is 13.6. The Labute approximate surface area is 120 Å². The van der Waals surface area contributed by atoms with Gasteiger partial charge in [-0.15, -0.1) is 0 Å². The third kappa shape index (κ3) is 6.88. The second-order valence-electron chi connectivity index (χ2n) is 5.55. The first-order valence-electron chi connectivity index (χ1n) is 6.54. The largest absolute Gasteiger partial charge is 0.468 e. The van der Waals surface area contributed by atoms with E-state index in [0.29, 0.717) is 6.42 Å². The molecule has 1 unspecified atom stereocenters. The number of hydrogen-bond donors (Lipinski definition) is 0. The van der Waals surface area contributed by atoms with Gasteiger partial charge in [0.25, 0.3) is 0 Å². The third-order valence-electron chi connectivity index (χ3n) is 2.46. The lowest BCUT2D eigenvalue weighted by atomic mass is 10.2. The molecule has 0 aromatic rings. The molecule has 0 aromatic heterocycles. The number of carbonyl (C=O) groups is 2. The number of rotatable bonds is 7. The highest BCUT2D eigenvalue weighted by atomic mass is 32.2. The molecule has 6 nitrogen and oxygen atoms in total. The quantitative estimate of drug-likeness (QED) is 0.662. The number of esters is 2. The molecule has 0 radical (unpaired) electrons. The van der Waals surface area contributed by atoms with Crippen LogP contribution < -0.4 is 0 Å². The molecule has 0 fully saturated rings. The van der Waals surface area contributed by atoms with Crippen molar-refractivity contribution in [1.29, 1.82) is 0 Å². The Morgan fingerprint density at radius 1 is 1.20 bits per heavy atom. The lowest BCUT2D eigenvalue weighted by molar-refractivity contribution is -0.151. The van der Waals surface area contributed by atoms with Gasteiger partial charge in [0.05, 0.1) is 7.11 Å². The van der Waals surface area contributed by atoms with Crippen molar-refractivity contribution in [3.05, 3.63) is 0 Å². The molecular weight excluding hydrogens is 284 g/mol. The number of sulfone groups is 1. The van der Waals surface area contributed by atoms with Crippen molar-refractivity contribution >= 4 is 21.8 Å². The summed E-state index contributed by atoms with van der Waals surface area (Å²) in [6.45, 7) is 6.82. The molecule has 0 aromatic carbocycles. The maximum atomic E-state index is 12.1. The minimum Gasteiger partial charge on any atom is -0.468 e. The molecule has 1 atom stereocenters. The summed E-state index contributed by atoms with van der Waals surface area (Å²) in [6, 6.07) is 0. The van der Waals surface area contributed by atoms with Crippen molar-refractivity contribution in [1.82, 2.24) is 0 Å². The number of ether oxygens (including phenoxy) is 2. The standard InChI is InChI=1S/C13H24O6S/c1-6-7-8-10(12(15)18-5)20(16,17)9-11(14)19-13(2,3)4/h10H,6-9H2,1-5H3. The van der Waals surface area contributed by atoms with Crippen molar-refractivity contribution in [2.75, 3.05) is 12.9 Å². The van der Waals surface area contributed by atoms with Crippen LogP contribution in [0.1, 0.15) is 47.0 Å². The van der Waals surface area contributed by atoms with Gasteiger partial charge in [0.1, 0.15) is 11.4 Å². The summed E-state index contributed by atoms with van der Waals surface area (Å²) in [5.41, 5.74) is -0.767. The van der Waals surface area contributed by atoms with E-state index < -0.39 is 38.4 Å². The van der Waals surface area contributed by atoms with E-state index in [9.17, 15) is 18.0 Å². The predicted octanol–water partition coefficient (Wildman–Crippen LogP) is 1.47. The molecule has 0 aliphatic heterocycles. The number of carbonyl (C=O) groups excluding carboxylic acids is 2. The summed E-state index contributed by atoms with van der Waals surface area (Å²) in [6.07, 6.45) is 1.46. The van der Waals surface area contributed by atoms with Gasteiger partial charge in [0.15, 0.2) is 15.1 Å². The van der Waals surface area contributed by atoms with Crippen LogP contribution >= 0.6 is 0 Å². The highest BCUT2D eigenvalue weighted by Gasteiger charge is 2.35. The molecule has 0 rings (SSSR count). The SMILES string of the molecule is CCCCC(C(=O)OC)S(=O)(=O)CC(=O)OC(C)(C)C. The van der Waals surface area contributed by atoms with E-state index in [0.717, 1.165) is 13.5 Å². The van der Waals surface area contributed by atoms with Crippen LogP contribution in [-0.2, 0) is 28.9 Å². The first-order valence-corrected chi connectivity index (χ1v) is 8.26. The van der Waals surface area contributed by atoms with Crippen LogP contribution in [0.2, 0.25) is 0 Å². The topological polar surface area (TPSA) is 86.7 Å². The molecule has 118 valence electrons. The molecule has 0 bridgehead atoms. The molecule has 0 aliphatic rings. The van der Waals surface area contributed by atoms with Gasteiger partial charge in [0.2, 0.25) is 0 Å². The maximum Gasteiger partial charge on any atom is 0.324 e. The third-order valence-corrected chi connectivity index (χ3v) is 4.39. The Bertz CT molecular complexity index is 432.